The molecule has 0 bridgehead atoms. The van der Waals surface area contributed by atoms with Gasteiger partial charge >= 0.3 is 12.2 Å². The summed E-state index contributed by atoms with van der Waals surface area (Å²) in [4.78, 5) is 58.4. The summed E-state index contributed by atoms with van der Waals surface area (Å²) in [6.45, 7) is 11.0. The molecule has 0 aromatic rings. The van der Waals surface area contributed by atoms with Crippen LogP contribution < -0.4 is 43.4 Å². The molecule has 0 aromatic carbocycles. The summed E-state index contributed by atoms with van der Waals surface area (Å²) in [5.74, 6) is -4.34. The molecule has 55 heavy (non-hydrogen) atoms. The molecule has 2 spiro atoms. The fourth-order valence-electron chi connectivity index (χ4n) is 7.62. The zero-order valence-electron chi connectivity index (χ0n) is 28.8. The van der Waals surface area contributed by atoms with Crippen LogP contribution in [0.5, 0.6) is 0 Å². The van der Waals surface area contributed by atoms with Crippen LogP contribution in [0.2, 0.25) is 0 Å². The van der Waals surface area contributed by atoms with Crippen LogP contribution in [-0.4, -0.2) is 142 Å². The van der Waals surface area contributed by atoms with Gasteiger partial charge in [0.15, 0.2) is 11.3 Å². The Bertz CT molecular complexity index is 1710. The van der Waals surface area contributed by atoms with E-state index in [0.717, 1.165) is 0 Å². The minimum absolute atomic E-state index is 0.0769. The fraction of sp³-hybridized carbons (Fsp3) is 0.643. The molecule has 21 nitrogen and oxygen atoms in total. The van der Waals surface area contributed by atoms with Gasteiger partial charge in [0.1, 0.15) is 37.4 Å². The van der Waals surface area contributed by atoms with Crippen LogP contribution in [0.15, 0.2) is 34.8 Å². The number of ether oxygens (including phenoxy) is 2. The molecule has 0 radical (unpaired) electrons. The maximum Gasteiger partial charge on any atom is 0.404 e. The Labute approximate surface area is 343 Å². The molecular weight excluding hydrogens is 861 g/mol. The lowest BCUT2D eigenvalue weighted by Crippen LogP contribution is -2.77. The summed E-state index contributed by atoms with van der Waals surface area (Å²) in [6, 6.07) is -2.90. The summed E-state index contributed by atoms with van der Waals surface area (Å²) in [6.07, 6.45) is -2.87. The molecule has 4 fully saturated rings. The average molecular weight is 899 g/mol. The van der Waals surface area contributed by atoms with Gasteiger partial charge in [-0.05, 0) is 0 Å². The normalized spacial score (nSPS) is 34.0. The molecular formula is C28H38Cl6N12O9. The highest BCUT2D eigenvalue weighted by Crippen LogP contribution is 2.47. The van der Waals surface area contributed by atoms with Gasteiger partial charge in [-0.25, -0.2) is 19.6 Å². The van der Waals surface area contributed by atoms with E-state index < -0.39 is 84.9 Å². The largest absolute Gasteiger partial charge is 0.447 e. The van der Waals surface area contributed by atoms with Gasteiger partial charge in [0, 0.05) is 24.9 Å². The van der Waals surface area contributed by atoms with Gasteiger partial charge in [0.05, 0.1) is 17.7 Å². The van der Waals surface area contributed by atoms with Crippen LogP contribution in [0.4, 0.5) is 9.59 Å². The Balaban J connectivity index is 0.000000211. The third kappa shape index (κ3) is 7.62. The third-order valence-electron chi connectivity index (χ3n) is 9.93. The Morgan fingerprint density at radius 2 is 1.29 bits per heavy atom. The monoisotopic (exact) mass is 896 g/mol. The van der Waals surface area contributed by atoms with Crippen molar-refractivity contribution in [2.24, 2.45) is 33.3 Å². The van der Waals surface area contributed by atoms with Gasteiger partial charge < -0.3 is 67.3 Å². The summed E-state index contributed by atoms with van der Waals surface area (Å²) in [5, 5.41) is 49.8. The Hall–Kier alpha value is -3.28. The van der Waals surface area contributed by atoms with E-state index in [4.69, 9.17) is 90.5 Å². The predicted octanol–water partition coefficient (Wildman–Crippen LogP) is -1.98. The van der Waals surface area contributed by atoms with Crippen molar-refractivity contribution in [3.63, 3.8) is 0 Å². The van der Waals surface area contributed by atoms with E-state index in [0.29, 0.717) is 12.4 Å². The number of nitrogens with two attached hydrogens (primary N) is 2. The average Bonchev–Trinajstić information content (AvgIpc) is 3.74. The van der Waals surface area contributed by atoms with Crippen molar-refractivity contribution in [1.29, 1.82) is 0 Å². The van der Waals surface area contributed by atoms with E-state index in [9.17, 15) is 34.5 Å². The Kier molecular flexibility index (Phi) is 11.6. The second-order valence-corrected chi connectivity index (χ2v) is 18.1. The predicted molar refractivity (Wildman–Crippen MR) is 199 cm³/mol. The van der Waals surface area contributed by atoms with E-state index in [1.807, 2.05) is 6.92 Å². The number of halogens is 6. The number of hydrogen-bond acceptors (Lipinski definition) is 17. The van der Waals surface area contributed by atoms with Crippen molar-refractivity contribution in [1.82, 2.24) is 41.7 Å². The molecule has 9 atom stereocenters. The molecule has 4 amide bonds. The van der Waals surface area contributed by atoms with Crippen LogP contribution in [0.3, 0.4) is 0 Å². The fourth-order valence-corrected chi connectivity index (χ4v) is 7.90. The van der Waals surface area contributed by atoms with E-state index in [-0.39, 0.29) is 43.4 Å². The van der Waals surface area contributed by atoms with E-state index in [1.165, 1.54) is 4.90 Å². The topological polar surface area (TPSA) is 303 Å². The number of carbonyl (C=O) groups excluding carboxylic acids is 4. The zero-order valence-corrected chi connectivity index (χ0v) is 33.3. The van der Waals surface area contributed by atoms with Gasteiger partial charge in [-0.2, -0.15) is 0 Å². The van der Waals surface area contributed by atoms with Crippen LogP contribution in [0.25, 0.3) is 0 Å². The maximum absolute atomic E-state index is 12.2. The first-order chi connectivity index (χ1) is 25.3. The number of aliphatic hydroxyl groups is 3. The number of carbonyl (C=O) groups is 4. The van der Waals surface area contributed by atoms with E-state index in [2.05, 4.69) is 55.0 Å². The molecule has 306 valence electrons. The highest BCUT2D eigenvalue weighted by atomic mass is 35.6. The number of guanidine groups is 2. The smallest absolute Gasteiger partial charge is 0.404 e. The molecule has 6 rings (SSSR count). The number of nitrogens with one attached hydrogen (secondary N) is 6. The number of alkyl halides is 6. The van der Waals surface area contributed by atoms with E-state index >= 15 is 0 Å². The molecule has 6 heterocycles. The number of rotatable bonds is 4. The summed E-state index contributed by atoms with van der Waals surface area (Å²) in [5.41, 5.74) is 7.42. The quantitative estimate of drug-likeness (QED) is 0.108. The number of amides is 4. The number of primary amides is 2. The van der Waals surface area contributed by atoms with Crippen molar-refractivity contribution in [2.45, 2.75) is 68.8 Å². The molecule has 0 unspecified atom stereocenters. The molecule has 13 N–H and O–H groups in total. The molecule has 0 saturated carbocycles. The van der Waals surface area contributed by atoms with Crippen molar-refractivity contribution in [3.05, 3.63) is 24.8 Å². The van der Waals surface area contributed by atoms with Gasteiger partial charge in [-0.15, -0.1) is 0 Å². The van der Waals surface area contributed by atoms with Crippen molar-refractivity contribution >= 4 is 106 Å². The summed E-state index contributed by atoms with van der Waals surface area (Å²) < 4.78 is 5.26. The van der Waals surface area contributed by atoms with Crippen LogP contribution in [0.1, 0.15) is 13.8 Å². The van der Waals surface area contributed by atoms with Crippen molar-refractivity contribution in [3.8, 4) is 0 Å². The van der Waals surface area contributed by atoms with Gasteiger partial charge in [-0.3, -0.25) is 20.2 Å². The second-order valence-electron chi connectivity index (χ2n) is 13.5. The number of nitrogens with zero attached hydrogens (tertiary/aromatic N) is 4. The lowest BCUT2D eigenvalue weighted by molar-refractivity contribution is -0.241. The number of hydrogen-bond donors (Lipinski definition) is 11. The zero-order chi connectivity index (χ0) is 41.2. The first kappa shape index (κ1) is 42.9. The molecule has 6 aliphatic rings. The Morgan fingerprint density at radius 1 is 0.836 bits per heavy atom. The second kappa shape index (κ2) is 14.9. The standard InChI is InChI=1S/C14H19Cl3N6O5.C14H19Cl3N6O4/c1-5-3-23-11(21-9(24)14(15,16)17)20-7(4-28-10(18)25)8-12(23,13(5,26)27)22-6(2)19-8;1-5-3-23-12(21-10(25)14(15,16)17)20-7(4-27-11(18)26)8-13(23,9(5)24)22-6(2)19-8/h5,7-8,19,22,26-27H,2-4H2,1H3,(H2,18,25)(H,20,21,24);5,7-9,19,22,24H,2-4H2,1H3,(H2,18,26)(H,20,21,25)/t5-,7-,8-,12-;5-,7-,8-,9-,13-/m00/s1. The number of aliphatic hydroxyl groups excluding tert-OH is 1. The van der Waals surface area contributed by atoms with Crippen molar-refractivity contribution in [2.75, 3.05) is 26.3 Å². The van der Waals surface area contributed by atoms with Gasteiger partial charge in [-0.1, -0.05) is 96.6 Å². The first-order valence-electron chi connectivity index (χ1n) is 16.2. The molecule has 27 heteroatoms. The lowest BCUT2D eigenvalue weighted by atomic mass is 9.84. The van der Waals surface area contributed by atoms with Crippen LogP contribution >= 0.6 is 69.6 Å². The molecule has 0 aliphatic carbocycles. The SMILES string of the molecule is C=C1N[C@H]2[C@H](COC(N)=O)N=C(NC(=O)C(Cl)(Cl)Cl)N3C[C@H](C)C(O)(O)[C@]23N1.C=C1N[C@H]2[C@H](COC(N)=O)N=C(NC(=O)C(Cl)(Cl)Cl)N3C[C@H](C)[C@H](O)[C@]23N1. The van der Waals surface area contributed by atoms with Crippen molar-refractivity contribution < 1.29 is 44.0 Å². The number of aliphatic imine (C=N–C) groups is 2. The highest BCUT2D eigenvalue weighted by Gasteiger charge is 2.72. The lowest BCUT2D eigenvalue weighted by Gasteiger charge is -2.49. The van der Waals surface area contributed by atoms with Crippen LogP contribution in [0, 0.1) is 11.8 Å². The first-order valence-corrected chi connectivity index (χ1v) is 18.5. The molecule has 4 saturated heterocycles. The maximum atomic E-state index is 12.2. The third-order valence-corrected chi connectivity index (χ3v) is 11.0. The Morgan fingerprint density at radius 3 is 1.78 bits per heavy atom. The van der Waals surface area contributed by atoms with Gasteiger partial charge in [0.2, 0.25) is 17.7 Å². The highest BCUT2D eigenvalue weighted by molar-refractivity contribution is 6.77. The molecule has 6 aliphatic heterocycles. The summed E-state index contributed by atoms with van der Waals surface area (Å²) >= 11 is 33.8. The van der Waals surface area contributed by atoms with E-state index in [1.54, 1.807) is 11.8 Å². The summed E-state index contributed by atoms with van der Waals surface area (Å²) in [7, 11) is 0. The minimum atomic E-state index is -2.29. The van der Waals surface area contributed by atoms with Gasteiger partial charge in [0.25, 0.3) is 19.4 Å². The van der Waals surface area contributed by atoms with Crippen LogP contribution in [-0.2, 0) is 19.1 Å². The minimum Gasteiger partial charge on any atom is -0.447 e. The molecule has 0 aromatic heterocycles.